The third-order valence-electron chi connectivity index (χ3n) is 9.37. The number of hydrogen-bond donors (Lipinski definition) is 0. The van der Waals surface area contributed by atoms with E-state index in [9.17, 15) is 19.5 Å². The summed E-state index contributed by atoms with van der Waals surface area (Å²) in [6.45, 7) is 4.62. The van der Waals surface area contributed by atoms with Crippen molar-refractivity contribution in [1.82, 2.24) is 0 Å². The topological polar surface area (TPSA) is 102 Å². The van der Waals surface area contributed by atoms with Gasteiger partial charge in [0.2, 0.25) is 0 Å². The summed E-state index contributed by atoms with van der Waals surface area (Å²) in [5.74, 6) is -1.74. The number of nitrogens with zero attached hydrogens (tertiary/aromatic N) is 1. The van der Waals surface area contributed by atoms with Crippen LogP contribution in [0.4, 0.5) is 0 Å². The van der Waals surface area contributed by atoms with Gasteiger partial charge in [0.25, 0.3) is 0 Å². The molecule has 0 N–H and O–H groups in total. The lowest BCUT2D eigenvalue weighted by Gasteiger charge is -2.34. The molecule has 2 atom stereocenters. The summed E-state index contributed by atoms with van der Waals surface area (Å²) in [4.78, 5) is 36.7. The van der Waals surface area contributed by atoms with Gasteiger partial charge < -0.3 is 28.6 Å². The molecular weight excluding hydrogens is 642 g/mol. The van der Waals surface area contributed by atoms with Gasteiger partial charge in [-0.05, 0) is 38.5 Å². The number of likely N-dealkylation sites (N-methyl/N-ethyl adjacent to an activating group) is 1. The van der Waals surface area contributed by atoms with Crippen molar-refractivity contribution in [2.45, 2.75) is 193 Å². The Kier molecular flexibility index (Phi) is 33.4. The number of rotatable bonds is 37. The van der Waals surface area contributed by atoms with Gasteiger partial charge in [-0.25, -0.2) is 0 Å². The number of unbranched alkanes of at least 4 members (excludes halogenated alkanes) is 20. The SMILES string of the molecule is CCCCC/C=C/C=C/CCCCCCCCC(=O)OCC(COCCC(C(=O)[O-])[N+](C)(C)C)OC(=O)CCCCCCCCCCCCCC. The summed E-state index contributed by atoms with van der Waals surface area (Å²) in [6, 6.07) is -0.723. The van der Waals surface area contributed by atoms with Crippen LogP contribution in [0.3, 0.4) is 0 Å². The number of carboxylic acids is 1. The van der Waals surface area contributed by atoms with Gasteiger partial charge in [-0.3, -0.25) is 9.59 Å². The number of hydrogen-bond acceptors (Lipinski definition) is 7. The first-order valence-electron chi connectivity index (χ1n) is 20.9. The van der Waals surface area contributed by atoms with Crippen LogP contribution in [0.5, 0.6) is 0 Å². The van der Waals surface area contributed by atoms with E-state index in [-0.39, 0.29) is 42.7 Å². The second-order valence-electron chi connectivity index (χ2n) is 15.3. The molecule has 298 valence electrons. The van der Waals surface area contributed by atoms with Crippen LogP contribution in [0, 0.1) is 0 Å². The largest absolute Gasteiger partial charge is 0.544 e. The summed E-state index contributed by atoms with van der Waals surface area (Å²) < 4.78 is 17.1. The Labute approximate surface area is 313 Å². The third kappa shape index (κ3) is 33.4. The summed E-state index contributed by atoms with van der Waals surface area (Å²) in [6.07, 6.45) is 36.2. The van der Waals surface area contributed by atoms with Crippen molar-refractivity contribution < 1.29 is 38.2 Å². The fourth-order valence-corrected chi connectivity index (χ4v) is 6.06. The van der Waals surface area contributed by atoms with Crippen LogP contribution in [0.2, 0.25) is 0 Å². The fraction of sp³-hybridized carbons (Fsp3) is 0.837. The molecule has 51 heavy (non-hydrogen) atoms. The first-order valence-corrected chi connectivity index (χ1v) is 20.9. The van der Waals surface area contributed by atoms with Crippen LogP contribution in [0.1, 0.15) is 181 Å². The Hall–Kier alpha value is -2.19. The van der Waals surface area contributed by atoms with E-state index in [0.29, 0.717) is 12.8 Å². The Balaban J connectivity index is 4.38. The van der Waals surface area contributed by atoms with Crippen LogP contribution in [0.15, 0.2) is 24.3 Å². The molecule has 0 amide bonds. The first-order chi connectivity index (χ1) is 24.6. The Bertz CT molecular complexity index is 895. The predicted molar refractivity (Wildman–Crippen MR) is 208 cm³/mol. The summed E-state index contributed by atoms with van der Waals surface area (Å²) in [5, 5.41) is 11.6. The quantitative estimate of drug-likeness (QED) is 0.0273. The highest BCUT2D eigenvalue weighted by atomic mass is 16.6. The average molecular weight is 722 g/mol. The molecule has 0 spiro atoms. The molecule has 8 heteroatoms. The third-order valence-corrected chi connectivity index (χ3v) is 9.37. The van der Waals surface area contributed by atoms with E-state index in [1.54, 1.807) is 21.1 Å². The van der Waals surface area contributed by atoms with Crippen molar-refractivity contribution in [3.05, 3.63) is 24.3 Å². The molecular formula is C43H79NO7. The van der Waals surface area contributed by atoms with Crippen LogP contribution in [-0.2, 0) is 28.6 Å². The number of ether oxygens (including phenoxy) is 3. The maximum absolute atomic E-state index is 12.7. The van der Waals surface area contributed by atoms with E-state index in [0.717, 1.165) is 51.4 Å². The van der Waals surface area contributed by atoms with Crippen molar-refractivity contribution in [1.29, 1.82) is 0 Å². The zero-order valence-corrected chi connectivity index (χ0v) is 33.8. The number of quaternary nitrogens is 1. The second-order valence-corrected chi connectivity index (χ2v) is 15.3. The van der Waals surface area contributed by atoms with E-state index < -0.39 is 18.1 Å². The normalized spacial score (nSPS) is 13.2. The first kappa shape index (κ1) is 48.8. The van der Waals surface area contributed by atoms with E-state index >= 15 is 0 Å². The Morgan fingerprint density at radius 2 is 1.02 bits per heavy atom. The summed E-state index contributed by atoms with van der Waals surface area (Å²) >= 11 is 0. The van der Waals surface area contributed by atoms with Crippen molar-refractivity contribution in [3.63, 3.8) is 0 Å². The lowest BCUT2D eigenvalue weighted by Crippen LogP contribution is -2.55. The van der Waals surface area contributed by atoms with Gasteiger partial charge in [-0.1, -0.05) is 147 Å². The van der Waals surface area contributed by atoms with Crippen molar-refractivity contribution in [3.8, 4) is 0 Å². The lowest BCUT2D eigenvalue weighted by molar-refractivity contribution is -0.889. The lowest BCUT2D eigenvalue weighted by atomic mass is 10.0. The zero-order valence-electron chi connectivity index (χ0n) is 33.8. The second kappa shape index (κ2) is 34.9. The minimum absolute atomic E-state index is 0.0405. The number of esters is 2. The highest BCUT2D eigenvalue weighted by molar-refractivity contribution is 5.70. The molecule has 0 aliphatic carbocycles. The maximum atomic E-state index is 12.7. The minimum atomic E-state index is -1.13. The molecule has 2 unspecified atom stereocenters. The average Bonchev–Trinajstić information content (AvgIpc) is 3.08. The highest BCUT2D eigenvalue weighted by Crippen LogP contribution is 2.14. The van der Waals surface area contributed by atoms with Gasteiger partial charge in [-0.2, -0.15) is 0 Å². The van der Waals surface area contributed by atoms with E-state index in [1.165, 1.54) is 96.3 Å². The van der Waals surface area contributed by atoms with Crippen molar-refractivity contribution in [2.24, 2.45) is 0 Å². The van der Waals surface area contributed by atoms with Gasteiger partial charge >= 0.3 is 11.9 Å². The molecule has 0 rings (SSSR count). The molecule has 0 aliphatic heterocycles. The molecule has 0 fully saturated rings. The molecule has 0 saturated carbocycles. The number of aliphatic carboxylic acids is 1. The van der Waals surface area contributed by atoms with Gasteiger partial charge in [0.05, 0.1) is 40.3 Å². The van der Waals surface area contributed by atoms with E-state index in [2.05, 4.69) is 38.2 Å². The minimum Gasteiger partial charge on any atom is -0.544 e. The smallest absolute Gasteiger partial charge is 0.306 e. The van der Waals surface area contributed by atoms with Crippen LogP contribution >= 0.6 is 0 Å². The molecule has 0 aliphatic rings. The number of allylic oxidation sites excluding steroid dienone is 4. The molecule has 0 aromatic heterocycles. The summed E-state index contributed by atoms with van der Waals surface area (Å²) in [7, 11) is 5.40. The molecule has 0 bridgehead atoms. The molecule has 0 radical (unpaired) electrons. The zero-order chi connectivity index (χ0) is 37.8. The molecule has 0 heterocycles. The van der Waals surface area contributed by atoms with Gasteiger partial charge in [0.1, 0.15) is 12.6 Å². The van der Waals surface area contributed by atoms with Crippen molar-refractivity contribution >= 4 is 17.9 Å². The molecule has 0 saturated heterocycles. The van der Waals surface area contributed by atoms with Crippen LogP contribution in [-0.4, -0.2) is 75.5 Å². The monoisotopic (exact) mass is 722 g/mol. The fourth-order valence-electron chi connectivity index (χ4n) is 6.06. The number of carbonyl (C=O) groups is 3. The van der Waals surface area contributed by atoms with E-state index in [4.69, 9.17) is 14.2 Å². The van der Waals surface area contributed by atoms with E-state index in [1.807, 2.05) is 0 Å². The molecule has 8 nitrogen and oxygen atoms in total. The number of carbonyl (C=O) groups excluding carboxylic acids is 3. The standard InChI is InChI=1S/C43H79NO7/c1-6-8-10-12-14-16-18-20-21-22-24-25-27-29-31-33-41(45)50-38-39(37-49-36-35-40(43(47)48)44(3,4)5)51-42(46)34-32-30-28-26-23-19-17-15-13-11-9-7-2/h14,16,18,20,39-40H,6-13,15,17,19,21-38H2,1-5H3/b16-14+,20-18+. The number of carboxylic acid groups (broad SMARTS) is 1. The summed E-state index contributed by atoms with van der Waals surface area (Å²) in [5.41, 5.74) is 0. The van der Waals surface area contributed by atoms with Gasteiger partial charge in [-0.15, -0.1) is 0 Å². The molecule has 0 aromatic rings. The van der Waals surface area contributed by atoms with Crippen molar-refractivity contribution in [2.75, 3.05) is 41.0 Å². The predicted octanol–water partition coefficient (Wildman–Crippen LogP) is 9.58. The van der Waals surface area contributed by atoms with Crippen LogP contribution < -0.4 is 5.11 Å². The van der Waals surface area contributed by atoms with Gasteiger partial charge in [0, 0.05) is 19.3 Å². The Morgan fingerprint density at radius 3 is 1.51 bits per heavy atom. The highest BCUT2D eigenvalue weighted by Gasteiger charge is 2.25. The maximum Gasteiger partial charge on any atom is 0.306 e. The van der Waals surface area contributed by atoms with Gasteiger partial charge in [0.15, 0.2) is 6.10 Å². The van der Waals surface area contributed by atoms with Crippen LogP contribution in [0.25, 0.3) is 0 Å². The Morgan fingerprint density at radius 1 is 0.588 bits per heavy atom. The molecule has 0 aromatic carbocycles.